The molecule has 0 atom stereocenters. The molecule has 2 heterocycles. The average Bonchev–Trinajstić information content (AvgIpc) is 2.58. The molecule has 0 amide bonds. The second-order valence-electron chi connectivity index (χ2n) is 7.96. The van der Waals surface area contributed by atoms with Crippen molar-refractivity contribution in [3.05, 3.63) is 53.0 Å². The van der Waals surface area contributed by atoms with Crippen LogP contribution in [0.3, 0.4) is 0 Å². The van der Waals surface area contributed by atoms with Crippen LogP contribution < -0.4 is 5.43 Å². The van der Waals surface area contributed by atoms with E-state index >= 15 is 0 Å². The Kier molecular flexibility index (Phi) is 5.99. The molecule has 0 saturated carbocycles. The standard InChI is InChI=1S/C21H31FN4/c1-16(2)13-26-15-18(14-25-9-7-24(4)8-10-25)12-21(23-26)19-5-6-20(22)17(3)11-19/h5-6,11-12,15-16,23H,7-10,13-14H2,1-4H3. The first kappa shape index (κ1) is 18.9. The predicted octanol–water partition coefficient (Wildman–Crippen LogP) is 3.08. The van der Waals surface area contributed by atoms with Crippen LogP contribution in [0.1, 0.15) is 25.0 Å². The van der Waals surface area contributed by atoms with Crippen molar-refractivity contribution in [3.8, 4) is 0 Å². The largest absolute Gasteiger partial charge is 0.304 e. The average molecular weight is 359 g/mol. The van der Waals surface area contributed by atoms with Gasteiger partial charge in [-0.05, 0) is 60.9 Å². The van der Waals surface area contributed by atoms with Crippen LogP contribution in [0.4, 0.5) is 4.39 Å². The van der Waals surface area contributed by atoms with Crippen molar-refractivity contribution in [1.82, 2.24) is 20.2 Å². The van der Waals surface area contributed by atoms with Crippen molar-refractivity contribution >= 4 is 5.70 Å². The van der Waals surface area contributed by atoms with E-state index in [4.69, 9.17) is 0 Å². The summed E-state index contributed by atoms with van der Waals surface area (Å²) in [5, 5.41) is 2.17. The van der Waals surface area contributed by atoms with Crippen LogP contribution in [0.2, 0.25) is 0 Å². The van der Waals surface area contributed by atoms with Crippen LogP contribution in [0, 0.1) is 18.7 Å². The van der Waals surface area contributed by atoms with Crippen LogP contribution in [0.25, 0.3) is 5.70 Å². The summed E-state index contributed by atoms with van der Waals surface area (Å²) in [4.78, 5) is 4.88. The highest BCUT2D eigenvalue weighted by molar-refractivity contribution is 5.68. The van der Waals surface area contributed by atoms with Gasteiger partial charge in [-0.1, -0.05) is 13.8 Å². The van der Waals surface area contributed by atoms with Gasteiger partial charge in [0.15, 0.2) is 0 Å². The number of aryl methyl sites for hydroxylation is 1. The number of piperazine rings is 1. The van der Waals surface area contributed by atoms with Crippen LogP contribution in [-0.2, 0) is 0 Å². The lowest BCUT2D eigenvalue weighted by Gasteiger charge is -2.35. The molecule has 2 aliphatic rings. The zero-order valence-electron chi connectivity index (χ0n) is 16.4. The number of benzene rings is 1. The molecule has 4 nitrogen and oxygen atoms in total. The van der Waals surface area contributed by atoms with Gasteiger partial charge in [0.05, 0.1) is 5.70 Å². The van der Waals surface area contributed by atoms with E-state index < -0.39 is 0 Å². The summed E-state index contributed by atoms with van der Waals surface area (Å²) in [6.45, 7) is 12.6. The number of hydrogen-bond donors (Lipinski definition) is 1. The molecule has 0 bridgehead atoms. The molecule has 1 aromatic carbocycles. The molecule has 0 radical (unpaired) electrons. The number of hydrogen-bond acceptors (Lipinski definition) is 4. The molecule has 0 aliphatic carbocycles. The maximum atomic E-state index is 13.7. The fourth-order valence-corrected chi connectivity index (χ4v) is 3.44. The molecule has 1 fully saturated rings. The van der Waals surface area contributed by atoms with Gasteiger partial charge in [0.25, 0.3) is 0 Å². The molecule has 1 N–H and O–H groups in total. The Morgan fingerprint density at radius 2 is 1.88 bits per heavy atom. The molecular formula is C21H31FN4. The number of rotatable bonds is 5. The summed E-state index contributed by atoms with van der Waals surface area (Å²) in [5.41, 5.74) is 7.54. The third-order valence-electron chi connectivity index (χ3n) is 4.95. The van der Waals surface area contributed by atoms with E-state index in [9.17, 15) is 4.39 Å². The highest BCUT2D eigenvalue weighted by atomic mass is 19.1. The van der Waals surface area contributed by atoms with Gasteiger partial charge < -0.3 is 4.90 Å². The number of hydrazine groups is 1. The van der Waals surface area contributed by atoms with Crippen molar-refractivity contribution in [2.24, 2.45) is 5.92 Å². The van der Waals surface area contributed by atoms with Gasteiger partial charge in [-0.25, -0.2) is 4.39 Å². The van der Waals surface area contributed by atoms with Crippen molar-refractivity contribution in [2.75, 3.05) is 46.3 Å². The summed E-state index contributed by atoms with van der Waals surface area (Å²) in [6.07, 6.45) is 4.43. The van der Waals surface area contributed by atoms with Gasteiger partial charge in [-0.15, -0.1) is 0 Å². The fraction of sp³-hybridized carbons (Fsp3) is 0.524. The quantitative estimate of drug-likeness (QED) is 0.873. The zero-order valence-corrected chi connectivity index (χ0v) is 16.4. The summed E-state index contributed by atoms with van der Waals surface area (Å²) in [7, 11) is 2.18. The Morgan fingerprint density at radius 1 is 1.15 bits per heavy atom. The fourth-order valence-electron chi connectivity index (χ4n) is 3.44. The molecule has 2 aliphatic heterocycles. The van der Waals surface area contributed by atoms with Crippen molar-refractivity contribution in [2.45, 2.75) is 20.8 Å². The maximum Gasteiger partial charge on any atom is 0.126 e. The Hall–Kier alpha value is -1.85. The van der Waals surface area contributed by atoms with Gasteiger partial charge in [0.2, 0.25) is 0 Å². The molecule has 1 saturated heterocycles. The monoisotopic (exact) mass is 358 g/mol. The molecule has 0 spiro atoms. The van der Waals surface area contributed by atoms with Crippen molar-refractivity contribution in [1.29, 1.82) is 0 Å². The van der Waals surface area contributed by atoms with Gasteiger partial charge in [0, 0.05) is 45.5 Å². The van der Waals surface area contributed by atoms with Crippen LogP contribution in [-0.4, -0.2) is 61.1 Å². The van der Waals surface area contributed by atoms with Crippen LogP contribution in [0.5, 0.6) is 0 Å². The lowest BCUT2D eigenvalue weighted by atomic mass is 10.0. The summed E-state index contributed by atoms with van der Waals surface area (Å²) < 4.78 is 13.7. The first-order chi connectivity index (χ1) is 12.4. The third kappa shape index (κ3) is 4.86. The van der Waals surface area contributed by atoms with E-state index in [1.54, 1.807) is 6.07 Å². The molecule has 142 valence electrons. The highest BCUT2D eigenvalue weighted by Gasteiger charge is 2.19. The van der Waals surface area contributed by atoms with Gasteiger partial charge in [-0.3, -0.25) is 15.3 Å². The second-order valence-corrected chi connectivity index (χ2v) is 7.96. The predicted molar refractivity (Wildman–Crippen MR) is 106 cm³/mol. The molecule has 0 unspecified atom stereocenters. The smallest absolute Gasteiger partial charge is 0.126 e. The van der Waals surface area contributed by atoms with E-state index in [0.717, 1.165) is 50.5 Å². The van der Waals surface area contributed by atoms with Crippen LogP contribution in [0.15, 0.2) is 36.0 Å². The normalized spacial score (nSPS) is 19.4. The van der Waals surface area contributed by atoms with E-state index in [1.165, 1.54) is 5.57 Å². The first-order valence-electron chi connectivity index (χ1n) is 9.54. The maximum absolute atomic E-state index is 13.7. The number of likely N-dealkylation sites (N-methyl/N-ethyl adjacent to an activating group) is 1. The number of halogens is 1. The Bertz CT molecular complexity index is 687. The minimum atomic E-state index is -0.155. The highest BCUT2D eigenvalue weighted by Crippen LogP contribution is 2.22. The summed E-state index contributed by atoms with van der Waals surface area (Å²) in [5.74, 6) is 0.398. The zero-order chi connectivity index (χ0) is 18.7. The van der Waals surface area contributed by atoms with Crippen molar-refractivity contribution in [3.63, 3.8) is 0 Å². The molecule has 0 aromatic heterocycles. The van der Waals surface area contributed by atoms with Crippen LogP contribution >= 0.6 is 0 Å². The molecule has 5 heteroatoms. The molecule has 1 aromatic rings. The van der Waals surface area contributed by atoms with E-state index in [-0.39, 0.29) is 5.82 Å². The SMILES string of the molecule is Cc1cc(C2=CC(CN3CCN(C)CC3)=CN(CC(C)C)N2)ccc1F. The Labute approximate surface area is 156 Å². The van der Waals surface area contributed by atoms with E-state index in [2.05, 4.69) is 53.4 Å². The van der Waals surface area contributed by atoms with Crippen molar-refractivity contribution < 1.29 is 4.39 Å². The Balaban J connectivity index is 1.80. The lowest BCUT2D eigenvalue weighted by molar-refractivity contribution is 0.163. The topological polar surface area (TPSA) is 21.8 Å². The molecular weight excluding hydrogens is 327 g/mol. The number of nitrogens with one attached hydrogen (secondary N) is 1. The minimum Gasteiger partial charge on any atom is -0.304 e. The second kappa shape index (κ2) is 8.23. The summed E-state index contributed by atoms with van der Waals surface area (Å²) >= 11 is 0. The lowest BCUT2D eigenvalue weighted by Crippen LogP contribution is -2.45. The van der Waals surface area contributed by atoms with E-state index in [1.807, 2.05) is 19.1 Å². The van der Waals surface area contributed by atoms with Gasteiger partial charge in [0.1, 0.15) is 5.82 Å². The first-order valence-corrected chi connectivity index (χ1v) is 9.54. The molecule has 3 rings (SSSR count). The van der Waals surface area contributed by atoms with E-state index in [0.29, 0.717) is 11.5 Å². The summed E-state index contributed by atoms with van der Waals surface area (Å²) in [6, 6.07) is 5.33. The number of nitrogens with zero attached hydrogens (tertiary/aromatic N) is 3. The van der Waals surface area contributed by atoms with Gasteiger partial charge in [-0.2, -0.15) is 0 Å². The minimum absolute atomic E-state index is 0.155. The molecule has 26 heavy (non-hydrogen) atoms. The third-order valence-corrected chi connectivity index (χ3v) is 4.95. The Morgan fingerprint density at radius 3 is 2.54 bits per heavy atom. The van der Waals surface area contributed by atoms with Gasteiger partial charge >= 0.3 is 0 Å².